The first-order chi connectivity index (χ1) is 8.48. The van der Waals surface area contributed by atoms with E-state index in [0.29, 0.717) is 31.2 Å². The zero-order valence-electron chi connectivity index (χ0n) is 10.8. The number of nitrogens with two attached hydrogens (primary N) is 1. The van der Waals surface area contributed by atoms with Crippen LogP contribution in [0, 0.1) is 12.8 Å². The van der Waals surface area contributed by atoms with Crippen LogP contribution in [0.4, 0.5) is 0 Å². The molecule has 1 aromatic rings. The molecule has 6 nitrogen and oxygen atoms in total. The summed E-state index contributed by atoms with van der Waals surface area (Å²) in [4.78, 5) is 0. The predicted octanol–water partition coefficient (Wildman–Crippen LogP) is 0.181. The maximum Gasteiger partial charge on any atom is 0.260 e. The molecule has 18 heavy (non-hydrogen) atoms. The Bertz CT molecular complexity index is 523. The second kappa shape index (κ2) is 4.99. The van der Waals surface area contributed by atoms with Crippen molar-refractivity contribution in [1.29, 1.82) is 0 Å². The number of nitrogens with zero attached hydrogens (tertiary/aromatic N) is 3. The van der Waals surface area contributed by atoms with E-state index in [4.69, 9.17) is 5.73 Å². The van der Waals surface area contributed by atoms with Crippen LogP contribution in [-0.4, -0.2) is 42.1 Å². The number of rotatable bonds is 4. The van der Waals surface area contributed by atoms with E-state index in [-0.39, 0.29) is 5.92 Å². The monoisotopic (exact) mass is 272 g/mol. The molecule has 2 rings (SSSR count). The first-order valence-electron chi connectivity index (χ1n) is 6.23. The first-order valence-corrected chi connectivity index (χ1v) is 7.67. The average Bonchev–Trinajstić information content (AvgIpc) is 2.94. The van der Waals surface area contributed by atoms with Gasteiger partial charge < -0.3 is 5.73 Å². The van der Waals surface area contributed by atoms with Gasteiger partial charge in [0.2, 0.25) is 0 Å². The van der Waals surface area contributed by atoms with Crippen LogP contribution in [-0.2, 0) is 16.6 Å². The molecule has 7 heteroatoms. The van der Waals surface area contributed by atoms with Crippen LogP contribution < -0.4 is 5.73 Å². The second-order valence-electron chi connectivity index (χ2n) is 4.69. The molecule has 1 aliphatic heterocycles. The maximum atomic E-state index is 12.5. The minimum absolute atomic E-state index is 0.277. The molecule has 0 saturated carbocycles. The SMILES string of the molecule is CCn1nc(C)cc1S(=O)(=O)N1CCC(CN)C1. The van der Waals surface area contributed by atoms with Crippen LogP contribution in [0.2, 0.25) is 0 Å². The molecule has 0 aromatic carbocycles. The van der Waals surface area contributed by atoms with Crippen molar-refractivity contribution in [2.24, 2.45) is 11.7 Å². The number of aromatic nitrogens is 2. The highest BCUT2D eigenvalue weighted by atomic mass is 32.2. The summed E-state index contributed by atoms with van der Waals surface area (Å²) in [6.45, 7) is 5.86. The number of hydrogen-bond acceptors (Lipinski definition) is 4. The molecule has 0 aliphatic carbocycles. The lowest BCUT2D eigenvalue weighted by Gasteiger charge is -2.16. The van der Waals surface area contributed by atoms with E-state index in [2.05, 4.69) is 5.10 Å². The van der Waals surface area contributed by atoms with Gasteiger partial charge in [-0.3, -0.25) is 4.68 Å². The summed E-state index contributed by atoms with van der Waals surface area (Å²) in [5.74, 6) is 0.277. The minimum Gasteiger partial charge on any atom is -0.330 e. The Balaban J connectivity index is 2.31. The van der Waals surface area contributed by atoms with Crippen LogP contribution in [0.15, 0.2) is 11.1 Å². The third-order valence-electron chi connectivity index (χ3n) is 3.35. The van der Waals surface area contributed by atoms with Crippen LogP contribution in [0.25, 0.3) is 0 Å². The second-order valence-corrected chi connectivity index (χ2v) is 6.58. The standard InChI is InChI=1S/C11H20N4O2S/c1-3-15-11(6-9(2)13-15)18(16,17)14-5-4-10(7-12)8-14/h6,10H,3-5,7-8,12H2,1-2H3. The summed E-state index contributed by atoms with van der Waals surface area (Å²) in [6, 6.07) is 1.63. The minimum atomic E-state index is -3.43. The lowest BCUT2D eigenvalue weighted by atomic mass is 10.1. The topological polar surface area (TPSA) is 81.2 Å². The van der Waals surface area contributed by atoms with Gasteiger partial charge in [0.15, 0.2) is 5.03 Å². The third-order valence-corrected chi connectivity index (χ3v) is 5.22. The Labute approximate surface area is 108 Å². The van der Waals surface area contributed by atoms with Crippen LogP contribution in [0.5, 0.6) is 0 Å². The fraction of sp³-hybridized carbons (Fsp3) is 0.727. The van der Waals surface area contributed by atoms with Gasteiger partial charge in [-0.25, -0.2) is 8.42 Å². The number of hydrogen-bond donors (Lipinski definition) is 1. The molecule has 1 unspecified atom stereocenters. The molecule has 2 heterocycles. The van der Waals surface area contributed by atoms with Crippen LogP contribution >= 0.6 is 0 Å². The predicted molar refractivity (Wildman–Crippen MR) is 68.6 cm³/mol. The summed E-state index contributed by atoms with van der Waals surface area (Å²) in [5.41, 5.74) is 6.33. The van der Waals surface area contributed by atoms with Gasteiger partial charge in [0.25, 0.3) is 10.0 Å². The summed E-state index contributed by atoms with van der Waals surface area (Å²) in [7, 11) is -3.43. The van der Waals surface area contributed by atoms with Gasteiger partial charge in [0, 0.05) is 19.6 Å². The molecule has 1 atom stereocenters. The zero-order valence-corrected chi connectivity index (χ0v) is 11.7. The lowest BCUT2D eigenvalue weighted by Crippen LogP contribution is -2.31. The van der Waals surface area contributed by atoms with Gasteiger partial charge in [-0.15, -0.1) is 0 Å². The maximum absolute atomic E-state index is 12.5. The Kier molecular flexibility index (Phi) is 3.74. The first kappa shape index (κ1) is 13.5. The van der Waals surface area contributed by atoms with Crippen molar-refractivity contribution in [2.75, 3.05) is 19.6 Å². The molecule has 2 N–H and O–H groups in total. The Hall–Kier alpha value is -0.920. The average molecular weight is 272 g/mol. The van der Waals surface area contributed by atoms with Crippen LogP contribution in [0.1, 0.15) is 19.0 Å². The van der Waals surface area contributed by atoms with Gasteiger partial charge in [-0.05, 0) is 38.8 Å². The highest BCUT2D eigenvalue weighted by Gasteiger charge is 2.34. The normalized spacial score (nSPS) is 21.6. The molecule has 0 bridgehead atoms. The van der Waals surface area contributed by atoms with Crippen molar-refractivity contribution in [1.82, 2.24) is 14.1 Å². The molecule has 1 aromatic heterocycles. The smallest absolute Gasteiger partial charge is 0.260 e. The molecule has 0 amide bonds. The largest absolute Gasteiger partial charge is 0.330 e. The molecular weight excluding hydrogens is 252 g/mol. The van der Waals surface area contributed by atoms with Crippen molar-refractivity contribution in [3.63, 3.8) is 0 Å². The zero-order chi connectivity index (χ0) is 13.3. The van der Waals surface area contributed by atoms with Gasteiger partial charge in [0.05, 0.1) is 5.69 Å². The van der Waals surface area contributed by atoms with E-state index in [9.17, 15) is 8.42 Å². The van der Waals surface area contributed by atoms with Crippen molar-refractivity contribution < 1.29 is 8.42 Å². The fourth-order valence-electron chi connectivity index (χ4n) is 2.30. The Morgan fingerprint density at radius 1 is 1.56 bits per heavy atom. The van der Waals surface area contributed by atoms with E-state index in [1.54, 1.807) is 17.7 Å². The molecular formula is C11H20N4O2S. The van der Waals surface area contributed by atoms with Crippen molar-refractivity contribution in [3.05, 3.63) is 11.8 Å². The van der Waals surface area contributed by atoms with E-state index in [1.165, 1.54) is 4.31 Å². The summed E-state index contributed by atoms with van der Waals surface area (Å²) in [5, 5.41) is 4.48. The van der Waals surface area contributed by atoms with Crippen molar-refractivity contribution in [2.45, 2.75) is 31.8 Å². The summed E-state index contributed by atoms with van der Waals surface area (Å²) >= 11 is 0. The molecule has 0 spiro atoms. The molecule has 1 aliphatic rings. The van der Waals surface area contributed by atoms with Gasteiger partial charge >= 0.3 is 0 Å². The van der Waals surface area contributed by atoms with E-state index in [0.717, 1.165) is 12.1 Å². The van der Waals surface area contributed by atoms with Gasteiger partial charge in [0.1, 0.15) is 0 Å². The molecule has 1 fully saturated rings. The summed E-state index contributed by atoms with van der Waals surface area (Å²) in [6.07, 6.45) is 0.842. The van der Waals surface area contributed by atoms with Crippen molar-refractivity contribution in [3.8, 4) is 0 Å². The van der Waals surface area contributed by atoms with Gasteiger partial charge in [-0.1, -0.05) is 0 Å². The highest BCUT2D eigenvalue weighted by Crippen LogP contribution is 2.24. The van der Waals surface area contributed by atoms with Crippen LogP contribution in [0.3, 0.4) is 0 Å². The highest BCUT2D eigenvalue weighted by molar-refractivity contribution is 7.89. The Morgan fingerprint density at radius 3 is 2.83 bits per heavy atom. The molecule has 1 saturated heterocycles. The molecule has 102 valence electrons. The van der Waals surface area contributed by atoms with E-state index in [1.807, 2.05) is 6.92 Å². The lowest BCUT2D eigenvalue weighted by molar-refractivity contribution is 0.447. The third kappa shape index (κ3) is 2.30. The van der Waals surface area contributed by atoms with Crippen molar-refractivity contribution >= 4 is 10.0 Å². The quantitative estimate of drug-likeness (QED) is 0.848. The Morgan fingerprint density at radius 2 is 2.28 bits per heavy atom. The van der Waals surface area contributed by atoms with E-state index >= 15 is 0 Å². The number of aryl methyl sites for hydroxylation is 2. The number of sulfonamides is 1. The van der Waals surface area contributed by atoms with Gasteiger partial charge in [-0.2, -0.15) is 9.40 Å². The fourth-order valence-corrected chi connectivity index (χ4v) is 4.07. The van der Waals surface area contributed by atoms with E-state index < -0.39 is 10.0 Å². The summed E-state index contributed by atoms with van der Waals surface area (Å²) < 4.78 is 28.1. The molecule has 0 radical (unpaired) electrons.